The third-order valence-corrected chi connectivity index (χ3v) is 9.31. The molecule has 0 unspecified atom stereocenters. The van der Waals surface area contributed by atoms with Gasteiger partial charge in [0.15, 0.2) is 0 Å². The van der Waals surface area contributed by atoms with E-state index in [1.807, 2.05) is 50.2 Å². The number of sulfonamides is 1. The van der Waals surface area contributed by atoms with Crippen LogP contribution < -0.4 is 9.62 Å². The van der Waals surface area contributed by atoms with Crippen molar-refractivity contribution >= 4 is 27.5 Å². The van der Waals surface area contributed by atoms with Gasteiger partial charge in [0, 0.05) is 12.6 Å². The molecule has 0 radical (unpaired) electrons. The Labute approximate surface area is 238 Å². The molecular formula is C32H39N3O4S. The summed E-state index contributed by atoms with van der Waals surface area (Å²) in [5, 5.41) is 3.13. The summed E-state index contributed by atoms with van der Waals surface area (Å²) in [6, 6.07) is 22.2. The van der Waals surface area contributed by atoms with E-state index in [4.69, 9.17) is 0 Å². The Morgan fingerprint density at radius 1 is 0.850 bits per heavy atom. The average Bonchev–Trinajstić information content (AvgIpc) is 2.96. The van der Waals surface area contributed by atoms with Crippen molar-refractivity contribution in [2.75, 3.05) is 10.8 Å². The lowest BCUT2D eigenvalue weighted by molar-refractivity contribution is -0.139. The van der Waals surface area contributed by atoms with Crippen molar-refractivity contribution < 1.29 is 18.0 Å². The lowest BCUT2D eigenvalue weighted by Gasteiger charge is -2.33. The minimum Gasteiger partial charge on any atom is -0.352 e. The van der Waals surface area contributed by atoms with Crippen LogP contribution in [0.5, 0.6) is 0 Å². The lowest BCUT2D eigenvalue weighted by Crippen LogP contribution is -2.53. The minimum absolute atomic E-state index is 0.0940. The molecule has 1 N–H and O–H groups in total. The molecule has 0 aliphatic heterocycles. The first-order valence-corrected chi connectivity index (χ1v) is 15.4. The van der Waals surface area contributed by atoms with Gasteiger partial charge in [-0.2, -0.15) is 0 Å². The summed E-state index contributed by atoms with van der Waals surface area (Å²) in [5.41, 5.74) is 3.31. The number of aryl methyl sites for hydroxylation is 2. The number of carbonyl (C=O) groups is 2. The largest absolute Gasteiger partial charge is 0.352 e. The van der Waals surface area contributed by atoms with Crippen LogP contribution in [-0.2, 0) is 26.2 Å². The lowest BCUT2D eigenvalue weighted by atomic mass is 9.95. The quantitative estimate of drug-likeness (QED) is 0.361. The zero-order chi connectivity index (χ0) is 28.7. The highest BCUT2D eigenvalue weighted by Gasteiger charge is 2.33. The van der Waals surface area contributed by atoms with Crippen molar-refractivity contribution in [3.8, 4) is 0 Å². The van der Waals surface area contributed by atoms with E-state index in [-0.39, 0.29) is 23.4 Å². The van der Waals surface area contributed by atoms with Crippen LogP contribution in [0.4, 0.5) is 5.69 Å². The zero-order valence-corrected chi connectivity index (χ0v) is 24.4. The molecule has 2 amide bonds. The molecule has 212 valence electrons. The molecule has 0 saturated heterocycles. The first kappa shape index (κ1) is 29.3. The molecule has 1 fully saturated rings. The van der Waals surface area contributed by atoms with Crippen molar-refractivity contribution in [2.45, 2.75) is 76.4 Å². The number of anilines is 1. The van der Waals surface area contributed by atoms with E-state index in [2.05, 4.69) is 5.32 Å². The van der Waals surface area contributed by atoms with Gasteiger partial charge in [0.1, 0.15) is 12.6 Å². The number of benzene rings is 3. The van der Waals surface area contributed by atoms with E-state index >= 15 is 0 Å². The molecule has 3 aromatic carbocycles. The minimum atomic E-state index is -4.06. The Kier molecular flexibility index (Phi) is 9.63. The number of nitrogens with zero attached hydrogens (tertiary/aromatic N) is 2. The third-order valence-electron chi connectivity index (χ3n) is 7.52. The highest BCUT2D eigenvalue weighted by molar-refractivity contribution is 7.92. The van der Waals surface area contributed by atoms with Gasteiger partial charge in [-0.25, -0.2) is 8.42 Å². The fraction of sp³-hybridized carbons (Fsp3) is 0.375. The normalized spacial score (nSPS) is 14.8. The van der Waals surface area contributed by atoms with Crippen LogP contribution in [0.15, 0.2) is 83.8 Å². The van der Waals surface area contributed by atoms with Gasteiger partial charge in [0.25, 0.3) is 10.0 Å². The number of nitrogens with one attached hydrogen (secondary N) is 1. The molecule has 0 spiro atoms. The van der Waals surface area contributed by atoms with Crippen molar-refractivity contribution in [3.63, 3.8) is 0 Å². The number of hydrogen-bond donors (Lipinski definition) is 1. The standard InChI is InChI=1S/C32H39N3O4S/c1-24-14-18-27(19-15-24)22-34(26(3)32(37)33-28-10-6-4-7-11-28)31(36)23-35(29-20-16-25(2)17-21-29)40(38,39)30-12-8-5-9-13-30/h5,8-9,12-21,26,28H,4,6-7,10-11,22-23H2,1-3H3,(H,33,37)/t26-/m0/s1. The summed E-state index contributed by atoms with van der Waals surface area (Å²) < 4.78 is 28.8. The Morgan fingerprint density at radius 3 is 2.02 bits per heavy atom. The Morgan fingerprint density at radius 2 is 1.43 bits per heavy atom. The van der Waals surface area contributed by atoms with Crippen LogP contribution >= 0.6 is 0 Å². The fourth-order valence-corrected chi connectivity index (χ4v) is 6.44. The van der Waals surface area contributed by atoms with Crippen LogP contribution in [0.1, 0.15) is 55.7 Å². The average molecular weight is 562 g/mol. The van der Waals surface area contributed by atoms with Gasteiger partial charge in [0.2, 0.25) is 11.8 Å². The summed E-state index contributed by atoms with van der Waals surface area (Å²) in [4.78, 5) is 29.0. The molecule has 4 rings (SSSR count). The molecule has 40 heavy (non-hydrogen) atoms. The zero-order valence-electron chi connectivity index (χ0n) is 23.5. The second-order valence-electron chi connectivity index (χ2n) is 10.7. The topological polar surface area (TPSA) is 86.8 Å². The summed E-state index contributed by atoms with van der Waals surface area (Å²) in [6.45, 7) is 5.37. The van der Waals surface area contributed by atoms with Crippen molar-refractivity contribution in [1.82, 2.24) is 10.2 Å². The third kappa shape index (κ3) is 7.30. The molecule has 0 bridgehead atoms. The molecule has 3 aromatic rings. The van der Waals surface area contributed by atoms with Crippen LogP contribution in [0.25, 0.3) is 0 Å². The summed E-state index contributed by atoms with van der Waals surface area (Å²) in [5.74, 6) is -0.674. The van der Waals surface area contributed by atoms with E-state index < -0.39 is 28.5 Å². The van der Waals surface area contributed by atoms with E-state index in [1.54, 1.807) is 37.3 Å². The highest BCUT2D eigenvalue weighted by atomic mass is 32.2. The van der Waals surface area contributed by atoms with Crippen LogP contribution in [-0.4, -0.2) is 43.8 Å². The van der Waals surface area contributed by atoms with Gasteiger partial charge in [-0.3, -0.25) is 13.9 Å². The predicted octanol–water partition coefficient (Wildman–Crippen LogP) is 5.36. The molecule has 1 aliphatic carbocycles. The van der Waals surface area contributed by atoms with Crippen molar-refractivity contribution in [1.29, 1.82) is 0 Å². The highest BCUT2D eigenvalue weighted by Crippen LogP contribution is 2.25. The van der Waals surface area contributed by atoms with Crippen LogP contribution in [0.3, 0.4) is 0 Å². The first-order chi connectivity index (χ1) is 19.1. The summed E-state index contributed by atoms with van der Waals surface area (Å²) >= 11 is 0. The van der Waals surface area contributed by atoms with Crippen molar-refractivity contribution in [3.05, 3.63) is 95.6 Å². The fourth-order valence-electron chi connectivity index (χ4n) is 5.00. The van der Waals surface area contributed by atoms with E-state index in [9.17, 15) is 18.0 Å². The maximum Gasteiger partial charge on any atom is 0.264 e. The SMILES string of the molecule is Cc1ccc(CN(C(=O)CN(c2ccc(C)cc2)S(=O)(=O)c2ccccc2)[C@@H](C)C(=O)NC2CCCCC2)cc1. The van der Waals surface area contributed by atoms with Crippen LogP contribution in [0, 0.1) is 13.8 Å². The van der Waals surface area contributed by atoms with Gasteiger partial charge in [-0.05, 0) is 63.4 Å². The number of amides is 2. The maximum absolute atomic E-state index is 14.0. The second-order valence-corrected chi connectivity index (χ2v) is 12.5. The van der Waals surface area contributed by atoms with Gasteiger partial charge in [-0.15, -0.1) is 0 Å². The molecule has 1 saturated carbocycles. The molecule has 0 aromatic heterocycles. The smallest absolute Gasteiger partial charge is 0.264 e. The number of carbonyl (C=O) groups excluding carboxylic acids is 2. The molecule has 8 heteroatoms. The summed E-state index contributed by atoms with van der Waals surface area (Å²) in [6.07, 6.45) is 5.19. The number of rotatable bonds is 10. The second kappa shape index (κ2) is 13.1. The Bertz CT molecular complexity index is 1380. The number of hydrogen-bond acceptors (Lipinski definition) is 4. The molecule has 1 aliphatic rings. The van der Waals surface area contributed by atoms with Gasteiger partial charge in [0.05, 0.1) is 10.6 Å². The molecular weight excluding hydrogens is 522 g/mol. The van der Waals surface area contributed by atoms with Gasteiger partial charge in [-0.1, -0.05) is 85.0 Å². The van der Waals surface area contributed by atoms with Crippen LogP contribution in [0.2, 0.25) is 0 Å². The van der Waals surface area contributed by atoms with E-state index in [0.717, 1.165) is 46.7 Å². The molecule has 1 atom stereocenters. The Hall–Kier alpha value is -3.65. The van der Waals surface area contributed by atoms with E-state index in [1.165, 1.54) is 23.5 Å². The molecule has 7 nitrogen and oxygen atoms in total. The monoisotopic (exact) mass is 561 g/mol. The predicted molar refractivity (Wildman–Crippen MR) is 158 cm³/mol. The van der Waals surface area contributed by atoms with Gasteiger partial charge < -0.3 is 10.2 Å². The first-order valence-electron chi connectivity index (χ1n) is 13.9. The maximum atomic E-state index is 14.0. The Balaban J connectivity index is 1.65. The van der Waals surface area contributed by atoms with E-state index in [0.29, 0.717) is 5.69 Å². The van der Waals surface area contributed by atoms with Gasteiger partial charge >= 0.3 is 0 Å². The van der Waals surface area contributed by atoms with Crippen molar-refractivity contribution in [2.24, 2.45) is 0 Å². The molecule has 0 heterocycles. The summed E-state index contributed by atoms with van der Waals surface area (Å²) in [7, 11) is -4.06.